The van der Waals surface area contributed by atoms with Crippen molar-refractivity contribution >= 4 is 23.9 Å². The van der Waals surface area contributed by atoms with Crippen LogP contribution >= 0.6 is 0 Å². The SMILES string of the molecule is CC1(C)CC(N=C=O)CC(C)(CNC(=O)OC=COCCOC(=O)C(=O)c2ccccc2)C1. The topological polar surface area (TPSA) is 120 Å². The number of amides is 1. The molecule has 0 aromatic heterocycles. The Morgan fingerprint density at radius 2 is 1.85 bits per heavy atom. The maximum Gasteiger partial charge on any atom is 0.412 e. The van der Waals surface area contributed by atoms with Crippen LogP contribution in [-0.2, 0) is 23.8 Å². The zero-order valence-electron chi connectivity index (χ0n) is 19.2. The zero-order chi connectivity index (χ0) is 24.3. The Bertz CT molecular complexity index is 907. The molecule has 1 amide bonds. The first kappa shape index (κ1) is 25.8. The second-order valence-corrected chi connectivity index (χ2v) is 9.17. The Morgan fingerprint density at radius 3 is 2.55 bits per heavy atom. The second kappa shape index (κ2) is 12.0. The highest BCUT2D eigenvalue weighted by Gasteiger charge is 2.41. The summed E-state index contributed by atoms with van der Waals surface area (Å²) < 4.78 is 14.9. The fraction of sp³-hybridized carbons (Fsp3) is 0.500. The van der Waals surface area contributed by atoms with Gasteiger partial charge in [0.05, 0.1) is 6.04 Å². The first-order valence-electron chi connectivity index (χ1n) is 10.7. The van der Waals surface area contributed by atoms with Crippen LogP contribution in [0.25, 0.3) is 0 Å². The lowest BCUT2D eigenvalue weighted by molar-refractivity contribution is -0.139. The summed E-state index contributed by atoms with van der Waals surface area (Å²) in [5, 5.41) is 2.72. The molecule has 9 nitrogen and oxygen atoms in total. The third-order valence-corrected chi connectivity index (χ3v) is 5.30. The van der Waals surface area contributed by atoms with Gasteiger partial charge in [-0.25, -0.2) is 19.4 Å². The van der Waals surface area contributed by atoms with Crippen molar-refractivity contribution in [1.82, 2.24) is 5.32 Å². The van der Waals surface area contributed by atoms with Crippen LogP contribution in [0.3, 0.4) is 0 Å². The Balaban J connectivity index is 1.64. The summed E-state index contributed by atoms with van der Waals surface area (Å²) in [4.78, 5) is 50.1. The Kier molecular flexibility index (Phi) is 9.36. The Morgan fingerprint density at radius 1 is 1.12 bits per heavy atom. The number of rotatable bonds is 10. The molecule has 2 atom stereocenters. The minimum absolute atomic E-state index is 0.00743. The largest absolute Gasteiger partial charge is 0.494 e. The quantitative estimate of drug-likeness (QED) is 0.108. The van der Waals surface area contributed by atoms with Crippen LogP contribution in [-0.4, -0.2) is 49.7 Å². The normalized spacial score (nSPS) is 21.5. The van der Waals surface area contributed by atoms with E-state index in [0.29, 0.717) is 13.0 Å². The molecule has 0 radical (unpaired) electrons. The summed E-state index contributed by atoms with van der Waals surface area (Å²) in [6.07, 6.45) is 5.56. The summed E-state index contributed by atoms with van der Waals surface area (Å²) in [7, 11) is 0. The molecule has 1 aliphatic carbocycles. The minimum atomic E-state index is -0.968. The highest BCUT2D eigenvalue weighted by Crippen LogP contribution is 2.46. The molecule has 178 valence electrons. The van der Waals surface area contributed by atoms with Crippen LogP contribution in [0.15, 0.2) is 47.8 Å². The number of isocyanates is 1. The number of hydrogen-bond acceptors (Lipinski definition) is 8. The monoisotopic (exact) mass is 458 g/mol. The molecule has 1 aliphatic rings. The van der Waals surface area contributed by atoms with Crippen molar-refractivity contribution in [2.24, 2.45) is 15.8 Å². The number of carbonyl (C=O) groups is 3. The van der Waals surface area contributed by atoms with Gasteiger partial charge in [-0.1, -0.05) is 51.1 Å². The fourth-order valence-corrected chi connectivity index (χ4v) is 4.36. The van der Waals surface area contributed by atoms with Gasteiger partial charge >= 0.3 is 12.1 Å². The molecular weight excluding hydrogens is 428 g/mol. The van der Waals surface area contributed by atoms with Gasteiger partial charge in [0.1, 0.15) is 25.7 Å². The van der Waals surface area contributed by atoms with E-state index in [0.717, 1.165) is 25.4 Å². The second-order valence-electron chi connectivity index (χ2n) is 9.17. The van der Waals surface area contributed by atoms with Crippen molar-refractivity contribution in [1.29, 1.82) is 0 Å². The molecule has 9 heteroatoms. The summed E-state index contributed by atoms with van der Waals surface area (Å²) in [5.41, 5.74) is 0.0138. The number of ketones is 1. The number of benzene rings is 1. The number of nitrogens with one attached hydrogen (secondary N) is 1. The van der Waals surface area contributed by atoms with Crippen LogP contribution in [0.5, 0.6) is 0 Å². The number of nitrogens with zero attached hydrogens (tertiary/aromatic N) is 1. The highest BCUT2D eigenvalue weighted by atomic mass is 16.6. The maximum atomic E-state index is 12.0. The molecular formula is C24H30N2O7. The van der Waals surface area contributed by atoms with Crippen LogP contribution in [0.2, 0.25) is 0 Å². The molecule has 33 heavy (non-hydrogen) atoms. The van der Waals surface area contributed by atoms with Gasteiger partial charge in [0.2, 0.25) is 6.08 Å². The van der Waals surface area contributed by atoms with Crippen molar-refractivity contribution in [3.8, 4) is 0 Å². The van der Waals surface area contributed by atoms with Gasteiger partial charge < -0.3 is 19.5 Å². The van der Waals surface area contributed by atoms with Gasteiger partial charge in [-0.15, -0.1) is 0 Å². The van der Waals surface area contributed by atoms with E-state index >= 15 is 0 Å². The molecule has 0 bridgehead atoms. The van der Waals surface area contributed by atoms with Gasteiger partial charge in [0, 0.05) is 12.1 Å². The molecule has 0 heterocycles. The van der Waals surface area contributed by atoms with Gasteiger partial charge in [0.25, 0.3) is 5.78 Å². The first-order valence-corrected chi connectivity index (χ1v) is 10.7. The summed E-state index contributed by atoms with van der Waals surface area (Å²) >= 11 is 0. The van der Waals surface area contributed by atoms with Gasteiger partial charge in [0.15, 0.2) is 0 Å². The van der Waals surface area contributed by atoms with E-state index in [4.69, 9.17) is 14.2 Å². The smallest absolute Gasteiger partial charge is 0.412 e. The summed E-state index contributed by atoms with van der Waals surface area (Å²) in [5.74, 6) is -1.70. The van der Waals surface area contributed by atoms with E-state index in [2.05, 4.69) is 24.2 Å². The molecule has 1 aromatic rings. The van der Waals surface area contributed by atoms with E-state index in [-0.39, 0.29) is 35.6 Å². The third kappa shape index (κ3) is 8.90. The number of ether oxygens (including phenoxy) is 3. The molecule has 1 aromatic carbocycles. The number of aliphatic imine (C=N–C) groups is 1. The lowest BCUT2D eigenvalue weighted by Crippen LogP contribution is -2.44. The molecule has 2 unspecified atom stereocenters. The average molecular weight is 459 g/mol. The predicted molar refractivity (Wildman–Crippen MR) is 119 cm³/mol. The zero-order valence-corrected chi connectivity index (χ0v) is 19.2. The number of Topliss-reactive ketones (excluding diaryl/α,β-unsaturated/α-hetero) is 1. The summed E-state index contributed by atoms with van der Waals surface area (Å²) in [6, 6.07) is 7.98. The third-order valence-electron chi connectivity index (χ3n) is 5.30. The molecule has 1 saturated carbocycles. The van der Waals surface area contributed by atoms with Crippen molar-refractivity contribution in [2.45, 2.75) is 46.1 Å². The standard InChI is InChI=1S/C24H30N2O7/c1-23(2)13-19(26-17-27)14-24(3,15-23)16-25-22(30)33-12-10-31-9-11-32-21(29)20(28)18-7-5-4-6-8-18/h4-8,10,12,19H,9,11,13-16H2,1-3H3,(H,25,30). The van der Waals surface area contributed by atoms with Crippen LogP contribution in [0, 0.1) is 10.8 Å². The molecule has 0 spiro atoms. The van der Waals surface area contributed by atoms with Crippen LogP contribution in [0.1, 0.15) is 50.4 Å². The van der Waals surface area contributed by atoms with Gasteiger partial charge in [-0.3, -0.25) is 4.79 Å². The Hall–Kier alpha value is -3.45. The van der Waals surface area contributed by atoms with E-state index in [1.165, 1.54) is 12.1 Å². The lowest BCUT2D eigenvalue weighted by atomic mass is 9.63. The first-order chi connectivity index (χ1) is 15.6. The molecule has 0 aliphatic heterocycles. The fourth-order valence-electron chi connectivity index (χ4n) is 4.36. The summed E-state index contributed by atoms with van der Waals surface area (Å²) in [6.45, 7) is 6.51. The predicted octanol–water partition coefficient (Wildman–Crippen LogP) is 3.55. The molecule has 1 fully saturated rings. The van der Waals surface area contributed by atoms with E-state index in [1.807, 2.05) is 6.92 Å². The van der Waals surface area contributed by atoms with E-state index in [1.54, 1.807) is 24.3 Å². The van der Waals surface area contributed by atoms with Crippen LogP contribution in [0.4, 0.5) is 4.79 Å². The van der Waals surface area contributed by atoms with Crippen molar-refractivity contribution in [2.75, 3.05) is 19.8 Å². The van der Waals surface area contributed by atoms with Crippen molar-refractivity contribution in [3.05, 3.63) is 48.4 Å². The number of alkyl carbamates (subject to hydrolysis) is 1. The number of carbonyl (C=O) groups excluding carboxylic acids is 4. The van der Waals surface area contributed by atoms with Crippen molar-refractivity contribution < 1.29 is 33.4 Å². The van der Waals surface area contributed by atoms with Gasteiger partial charge in [-0.05, 0) is 30.1 Å². The Labute approximate surface area is 193 Å². The minimum Gasteiger partial charge on any atom is -0.494 e. The van der Waals surface area contributed by atoms with Crippen molar-refractivity contribution in [3.63, 3.8) is 0 Å². The molecule has 2 rings (SSSR count). The van der Waals surface area contributed by atoms with E-state index < -0.39 is 17.8 Å². The van der Waals surface area contributed by atoms with Crippen LogP contribution < -0.4 is 5.32 Å². The number of hydrogen-bond donors (Lipinski definition) is 1. The number of esters is 1. The van der Waals surface area contributed by atoms with Gasteiger partial charge in [-0.2, -0.15) is 0 Å². The molecule has 1 N–H and O–H groups in total. The van der Waals surface area contributed by atoms with E-state index in [9.17, 15) is 19.2 Å². The maximum absolute atomic E-state index is 12.0. The highest BCUT2D eigenvalue weighted by molar-refractivity contribution is 6.40. The average Bonchev–Trinajstić information content (AvgIpc) is 2.76. The molecule has 0 saturated heterocycles. The lowest BCUT2D eigenvalue weighted by Gasteiger charge is -2.45.